The fraction of sp³-hybridized carbons (Fsp3) is 0.524. The molecule has 3 rings (SSSR count). The van der Waals surface area contributed by atoms with Crippen LogP contribution in [0.3, 0.4) is 0 Å². The van der Waals surface area contributed by atoms with Crippen LogP contribution in [-0.2, 0) is 13.6 Å². The molecule has 5 nitrogen and oxygen atoms in total. The molecule has 1 aliphatic rings. The molecule has 0 spiro atoms. The van der Waals surface area contributed by atoms with Gasteiger partial charge < -0.3 is 9.88 Å². The number of carbonyl (C=O) groups excluding carboxylic acids is 1. The minimum atomic E-state index is -0.0551. The van der Waals surface area contributed by atoms with Crippen molar-refractivity contribution in [1.29, 1.82) is 0 Å². The number of rotatable bonds is 7. The van der Waals surface area contributed by atoms with E-state index in [1.165, 1.54) is 37.9 Å². The fourth-order valence-electron chi connectivity index (χ4n) is 3.65. The van der Waals surface area contributed by atoms with Crippen LogP contribution < -0.4 is 5.32 Å². The van der Waals surface area contributed by atoms with E-state index in [9.17, 15) is 4.79 Å². The van der Waals surface area contributed by atoms with E-state index in [0.717, 1.165) is 25.2 Å². The van der Waals surface area contributed by atoms with Gasteiger partial charge in [0.2, 0.25) is 0 Å². The number of amides is 1. The van der Waals surface area contributed by atoms with Crippen LogP contribution in [0.15, 0.2) is 36.7 Å². The molecular weight excluding hydrogens is 324 g/mol. The lowest BCUT2D eigenvalue weighted by Gasteiger charge is -2.26. The lowest BCUT2D eigenvalue weighted by atomic mass is 10.1. The highest BCUT2D eigenvalue weighted by atomic mass is 16.1. The Kier molecular flexibility index (Phi) is 6.45. The SMILES string of the molecule is CCCC(NC(=O)c1ccc(CN2CCCCC2)cc1)c1nccn1C. The highest BCUT2D eigenvalue weighted by molar-refractivity contribution is 5.94. The molecule has 1 N–H and O–H groups in total. The van der Waals surface area contributed by atoms with Crippen LogP contribution in [-0.4, -0.2) is 33.4 Å². The van der Waals surface area contributed by atoms with Crippen molar-refractivity contribution in [3.05, 3.63) is 53.6 Å². The normalized spacial score (nSPS) is 16.4. The Labute approximate surface area is 156 Å². The smallest absolute Gasteiger partial charge is 0.251 e. The molecule has 1 amide bonds. The molecule has 1 aliphatic heterocycles. The van der Waals surface area contributed by atoms with Gasteiger partial charge in [0.1, 0.15) is 5.82 Å². The number of hydrogen-bond donors (Lipinski definition) is 1. The van der Waals surface area contributed by atoms with Crippen molar-refractivity contribution in [2.75, 3.05) is 13.1 Å². The lowest BCUT2D eigenvalue weighted by molar-refractivity contribution is 0.0932. The largest absolute Gasteiger partial charge is 0.342 e. The van der Waals surface area contributed by atoms with Gasteiger partial charge in [-0.15, -0.1) is 0 Å². The first-order chi connectivity index (χ1) is 12.7. The minimum absolute atomic E-state index is 0.0315. The summed E-state index contributed by atoms with van der Waals surface area (Å²) in [7, 11) is 1.96. The standard InChI is InChI=1S/C21H30N4O/c1-3-7-19(20-22-12-15-24(20)2)23-21(26)18-10-8-17(9-11-18)16-25-13-5-4-6-14-25/h8-12,15,19H,3-7,13-14,16H2,1-2H3,(H,23,26). The molecule has 1 unspecified atom stereocenters. The lowest BCUT2D eigenvalue weighted by Crippen LogP contribution is -2.30. The van der Waals surface area contributed by atoms with Crippen LogP contribution in [0, 0.1) is 0 Å². The van der Waals surface area contributed by atoms with E-state index in [0.29, 0.717) is 5.56 Å². The maximum atomic E-state index is 12.7. The zero-order valence-corrected chi connectivity index (χ0v) is 15.9. The summed E-state index contributed by atoms with van der Waals surface area (Å²) in [5.41, 5.74) is 1.99. The van der Waals surface area contributed by atoms with Gasteiger partial charge in [-0.2, -0.15) is 0 Å². The quantitative estimate of drug-likeness (QED) is 0.825. The van der Waals surface area contributed by atoms with Gasteiger partial charge in [-0.25, -0.2) is 4.98 Å². The van der Waals surface area contributed by atoms with E-state index < -0.39 is 0 Å². The van der Waals surface area contributed by atoms with Crippen molar-refractivity contribution in [2.24, 2.45) is 7.05 Å². The van der Waals surface area contributed by atoms with E-state index in [2.05, 4.69) is 34.3 Å². The number of benzene rings is 1. The van der Waals surface area contributed by atoms with Crippen LogP contribution in [0.2, 0.25) is 0 Å². The third kappa shape index (κ3) is 4.73. The predicted molar refractivity (Wildman–Crippen MR) is 104 cm³/mol. The molecule has 0 radical (unpaired) electrons. The molecule has 0 saturated carbocycles. The Morgan fingerprint density at radius 2 is 1.92 bits per heavy atom. The summed E-state index contributed by atoms with van der Waals surface area (Å²) in [6, 6.07) is 7.99. The summed E-state index contributed by atoms with van der Waals surface area (Å²) in [6.07, 6.45) is 9.51. The molecule has 2 heterocycles. The fourth-order valence-corrected chi connectivity index (χ4v) is 3.65. The summed E-state index contributed by atoms with van der Waals surface area (Å²) in [4.78, 5) is 19.6. The Morgan fingerprint density at radius 1 is 1.19 bits per heavy atom. The Hall–Kier alpha value is -2.14. The van der Waals surface area contributed by atoms with Gasteiger partial charge in [0, 0.05) is 31.5 Å². The van der Waals surface area contributed by atoms with Gasteiger partial charge in [-0.05, 0) is 50.0 Å². The number of imidazole rings is 1. The number of nitrogens with one attached hydrogen (secondary N) is 1. The van der Waals surface area contributed by atoms with Crippen LogP contribution in [0.4, 0.5) is 0 Å². The average molecular weight is 354 g/mol. The van der Waals surface area contributed by atoms with Crippen molar-refractivity contribution in [3.8, 4) is 0 Å². The molecule has 1 atom stereocenters. The molecule has 2 aromatic rings. The van der Waals surface area contributed by atoms with E-state index in [1.54, 1.807) is 6.20 Å². The van der Waals surface area contributed by atoms with Gasteiger partial charge in [-0.1, -0.05) is 31.9 Å². The van der Waals surface area contributed by atoms with E-state index in [4.69, 9.17) is 0 Å². The first-order valence-corrected chi connectivity index (χ1v) is 9.76. The minimum Gasteiger partial charge on any atom is -0.342 e. The van der Waals surface area contributed by atoms with Crippen LogP contribution in [0.1, 0.15) is 66.8 Å². The van der Waals surface area contributed by atoms with Gasteiger partial charge in [0.15, 0.2) is 0 Å². The van der Waals surface area contributed by atoms with E-state index in [1.807, 2.05) is 29.9 Å². The predicted octanol–water partition coefficient (Wildman–Crippen LogP) is 3.68. The Balaban J connectivity index is 1.62. The Morgan fingerprint density at radius 3 is 2.54 bits per heavy atom. The summed E-state index contributed by atoms with van der Waals surface area (Å²) in [5.74, 6) is 0.873. The molecule has 1 fully saturated rings. The number of hydrogen-bond acceptors (Lipinski definition) is 3. The number of likely N-dealkylation sites (tertiary alicyclic amines) is 1. The first kappa shape index (κ1) is 18.6. The van der Waals surface area contributed by atoms with Gasteiger partial charge in [-0.3, -0.25) is 9.69 Å². The molecular formula is C21H30N4O. The van der Waals surface area contributed by atoms with Crippen molar-refractivity contribution >= 4 is 5.91 Å². The number of nitrogens with zero attached hydrogens (tertiary/aromatic N) is 3. The molecule has 1 aromatic carbocycles. The molecule has 26 heavy (non-hydrogen) atoms. The second-order valence-corrected chi connectivity index (χ2v) is 7.24. The second-order valence-electron chi connectivity index (χ2n) is 7.24. The number of aryl methyl sites for hydroxylation is 1. The average Bonchev–Trinajstić information content (AvgIpc) is 3.08. The monoisotopic (exact) mass is 354 g/mol. The van der Waals surface area contributed by atoms with Crippen molar-refractivity contribution < 1.29 is 4.79 Å². The summed E-state index contributed by atoms with van der Waals surface area (Å²) >= 11 is 0. The maximum Gasteiger partial charge on any atom is 0.251 e. The number of aromatic nitrogens is 2. The molecule has 0 aliphatic carbocycles. The molecule has 140 valence electrons. The zero-order valence-electron chi connectivity index (χ0n) is 15.9. The van der Waals surface area contributed by atoms with Crippen LogP contribution in [0.25, 0.3) is 0 Å². The maximum absolute atomic E-state index is 12.7. The van der Waals surface area contributed by atoms with E-state index >= 15 is 0 Å². The van der Waals surface area contributed by atoms with Crippen molar-refractivity contribution in [1.82, 2.24) is 19.8 Å². The highest BCUT2D eigenvalue weighted by Crippen LogP contribution is 2.18. The van der Waals surface area contributed by atoms with Gasteiger partial charge >= 0.3 is 0 Å². The second kappa shape index (κ2) is 8.99. The molecule has 0 bridgehead atoms. The zero-order chi connectivity index (χ0) is 18.4. The van der Waals surface area contributed by atoms with Crippen LogP contribution >= 0.6 is 0 Å². The third-order valence-corrected chi connectivity index (χ3v) is 5.12. The topological polar surface area (TPSA) is 50.2 Å². The summed E-state index contributed by atoms with van der Waals surface area (Å²) < 4.78 is 1.97. The first-order valence-electron chi connectivity index (χ1n) is 9.76. The third-order valence-electron chi connectivity index (χ3n) is 5.12. The number of carbonyl (C=O) groups is 1. The van der Waals surface area contributed by atoms with Gasteiger partial charge in [0.05, 0.1) is 6.04 Å². The van der Waals surface area contributed by atoms with Crippen molar-refractivity contribution in [3.63, 3.8) is 0 Å². The van der Waals surface area contributed by atoms with E-state index in [-0.39, 0.29) is 11.9 Å². The molecule has 5 heteroatoms. The van der Waals surface area contributed by atoms with Crippen molar-refractivity contribution in [2.45, 2.75) is 51.6 Å². The molecule has 1 aromatic heterocycles. The Bertz CT molecular complexity index is 701. The summed E-state index contributed by atoms with van der Waals surface area (Å²) in [6.45, 7) is 5.47. The summed E-state index contributed by atoms with van der Waals surface area (Å²) in [5, 5.41) is 3.15. The van der Waals surface area contributed by atoms with Gasteiger partial charge in [0.25, 0.3) is 5.91 Å². The highest BCUT2D eigenvalue weighted by Gasteiger charge is 2.18. The molecule has 1 saturated heterocycles. The number of piperidine rings is 1. The van der Waals surface area contributed by atoms with Crippen LogP contribution in [0.5, 0.6) is 0 Å².